The maximum atomic E-state index is 13.4. The minimum Gasteiger partial charge on any atom is -0.465 e. The maximum Gasteiger partial charge on any atom is 0.460 e. The molecule has 0 aliphatic rings. The standard InChI is InChI=1S/C24H35F9O6/c1-7-20(5,6)14-15(19(2,3)4)18(36)39-13-12-38-17(35)9-8-16(34)37-11-10-21(25,26)22(27,28)23(29,30)24(31,32)33/h15H,7-14H2,1-6H3. The zero-order valence-electron chi connectivity index (χ0n) is 22.6. The first-order valence-corrected chi connectivity index (χ1v) is 12.0. The van der Waals surface area contributed by atoms with E-state index < -0.39 is 79.1 Å². The van der Waals surface area contributed by atoms with Gasteiger partial charge in [-0.25, -0.2) is 0 Å². The molecule has 0 aliphatic heterocycles. The van der Waals surface area contributed by atoms with Crippen LogP contribution in [0.15, 0.2) is 0 Å². The van der Waals surface area contributed by atoms with Crippen molar-refractivity contribution in [1.82, 2.24) is 0 Å². The smallest absolute Gasteiger partial charge is 0.460 e. The monoisotopic (exact) mass is 590 g/mol. The van der Waals surface area contributed by atoms with Gasteiger partial charge >= 0.3 is 41.9 Å². The molecule has 6 nitrogen and oxygen atoms in total. The highest BCUT2D eigenvalue weighted by molar-refractivity contribution is 5.77. The molecule has 0 saturated carbocycles. The minimum absolute atomic E-state index is 0.122. The first-order chi connectivity index (χ1) is 17.3. The predicted octanol–water partition coefficient (Wildman–Crippen LogP) is 6.74. The Morgan fingerprint density at radius 1 is 0.667 bits per heavy atom. The van der Waals surface area contributed by atoms with Crippen molar-refractivity contribution in [3.05, 3.63) is 0 Å². The Morgan fingerprint density at radius 3 is 1.51 bits per heavy atom. The van der Waals surface area contributed by atoms with Gasteiger partial charge in [0.15, 0.2) is 0 Å². The molecule has 15 heteroatoms. The molecule has 0 fully saturated rings. The summed E-state index contributed by atoms with van der Waals surface area (Å²) in [6.07, 6.45) is -9.36. The summed E-state index contributed by atoms with van der Waals surface area (Å²) < 4.78 is 129. The SMILES string of the molecule is CCC(C)(C)CC(C(=O)OCCOC(=O)CCC(=O)OCCC(F)(F)C(F)(F)C(F)(F)C(F)(F)F)C(C)(C)C. The Kier molecular flexibility index (Phi) is 12.7. The van der Waals surface area contributed by atoms with E-state index in [0.717, 1.165) is 6.42 Å². The number of esters is 3. The summed E-state index contributed by atoms with van der Waals surface area (Å²) in [5.74, 6) is -23.0. The molecule has 230 valence electrons. The van der Waals surface area contributed by atoms with Crippen molar-refractivity contribution in [2.24, 2.45) is 16.7 Å². The van der Waals surface area contributed by atoms with Crippen molar-refractivity contribution in [3.8, 4) is 0 Å². The highest BCUT2D eigenvalue weighted by Gasteiger charge is 2.81. The molecule has 0 aromatic heterocycles. The number of ether oxygens (including phenoxy) is 3. The molecule has 0 radical (unpaired) electrons. The van der Waals surface area contributed by atoms with Crippen molar-refractivity contribution in [1.29, 1.82) is 0 Å². The largest absolute Gasteiger partial charge is 0.465 e. The maximum absolute atomic E-state index is 13.4. The Bertz CT molecular complexity index is 833. The fourth-order valence-electron chi connectivity index (χ4n) is 3.04. The van der Waals surface area contributed by atoms with Crippen LogP contribution in [-0.4, -0.2) is 61.7 Å². The lowest BCUT2D eigenvalue weighted by Crippen LogP contribution is -2.61. The van der Waals surface area contributed by atoms with Crippen LogP contribution in [0.2, 0.25) is 0 Å². The van der Waals surface area contributed by atoms with E-state index in [9.17, 15) is 53.9 Å². The number of rotatable bonds is 15. The highest BCUT2D eigenvalue weighted by atomic mass is 19.4. The fourth-order valence-corrected chi connectivity index (χ4v) is 3.04. The van der Waals surface area contributed by atoms with Gasteiger partial charge in [0, 0.05) is 0 Å². The molecule has 0 aromatic rings. The van der Waals surface area contributed by atoms with Crippen molar-refractivity contribution in [2.75, 3.05) is 19.8 Å². The first-order valence-electron chi connectivity index (χ1n) is 12.0. The third-order valence-electron chi connectivity index (χ3n) is 6.06. The molecule has 39 heavy (non-hydrogen) atoms. The van der Waals surface area contributed by atoms with E-state index in [2.05, 4.69) is 4.74 Å². The Morgan fingerprint density at radius 2 is 1.10 bits per heavy atom. The van der Waals surface area contributed by atoms with Gasteiger partial charge in [0.25, 0.3) is 0 Å². The summed E-state index contributed by atoms with van der Waals surface area (Å²) >= 11 is 0. The molecule has 0 aromatic carbocycles. The number of hydrogen-bond donors (Lipinski definition) is 0. The summed E-state index contributed by atoms with van der Waals surface area (Å²) in [6, 6.07) is 0. The molecule has 1 unspecified atom stereocenters. The summed E-state index contributed by atoms with van der Waals surface area (Å²) in [7, 11) is 0. The molecule has 0 saturated heterocycles. The van der Waals surface area contributed by atoms with Crippen LogP contribution in [0.3, 0.4) is 0 Å². The van der Waals surface area contributed by atoms with E-state index >= 15 is 0 Å². The third-order valence-corrected chi connectivity index (χ3v) is 6.06. The van der Waals surface area contributed by atoms with Gasteiger partial charge < -0.3 is 14.2 Å². The van der Waals surface area contributed by atoms with E-state index in [0.29, 0.717) is 6.42 Å². The van der Waals surface area contributed by atoms with E-state index in [4.69, 9.17) is 9.47 Å². The molecule has 0 spiro atoms. The van der Waals surface area contributed by atoms with Crippen molar-refractivity contribution >= 4 is 17.9 Å². The summed E-state index contributed by atoms with van der Waals surface area (Å²) in [5.41, 5.74) is -0.525. The van der Waals surface area contributed by atoms with E-state index in [-0.39, 0.29) is 18.6 Å². The van der Waals surface area contributed by atoms with E-state index in [1.54, 1.807) is 0 Å². The molecule has 0 heterocycles. The molecule has 1 atom stereocenters. The van der Waals surface area contributed by atoms with Gasteiger partial charge in [0.2, 0.25) is 0 Å². The van der Waals surface area contributed by atoms with Gasteiger partial charge in [0.1, 0.15) is 13.2 Å². The van der Waals surface area contributed by atoms with Crippen LogP contribution in [0.4, 0.5) is 39.5 Å². The molecule has 0 amide bonds. The summed E-state index contributed by atoms with van der Waals surface area (Å²) in [5, 5.41) is 0. The quantitative estimate of drug-likeness (QED) is 0.0910. The topological polar surface area (TPSA) is 78.9 Å². The molecule has 0 N–H and O–H groups in total. The van der Waals surface area contributed by atoms with Crippen LogP contribution in [0, 0.1) is 16.7 Å². The van der Waals surface area contributed by atoms with Crippen molar-refractivity contribution in [2.45, 2.75) is 97.6 Å². The lowest BCUT2D eigenvalue weighted by Gasteiger charge is -2.35. The summed E-state index contributed by atoms with van der Waals surface area (Å²) in [6.45, 7) is 9.38. The Hall–Kier alpha value is -2.22. The van der Waals surface area contributed by atoms with Crippen LogP contribution in [0.5, 0.6) is 0 Å². The normalized spacial score (nSPS) is 14.5. The minimum atomic E-state index is -7.04. The van der Waals surface area contributed by atoms with Crippen LogP contribution >= 0.6 is 0 Å². The Labute approximate surface area is 220 Å². The average Bonchev–Trinajstić information content (AvgIpc) is 2.77. The Balaban J connectivity index is 4.56. The van der Waals surface area contributed by atoms with Crippen LogP contribution < -0.4 is 0 Å². The van der Waals surface area contributed by atoms with Crippen LogP contribution in [0.1, 0.15) is 73.6 Å². The van der Waals surface area contributed by atoms with Crippen molar-refractivity contribution in [3.63, 3.8) is 0 Å². The fraction of sp³-hybridized carbons (Fsp3) is 0.875. The van der Waals surface area contributed by atoms with Gasteiger partial charge in [0.05, 0.1) is 31.8 Å². The second-order valence-corrected chi connectivity index (χ2v) is 10.8. The molecule has 0 aliphatic carbocycles. The predicted molar refractivity (Wildman–Crippen MR) is 119 cm³/mol. The van der Waals surface area contributed by atoms with Crippen LogP contribution in [-0.2, 0) is 28.6 Å². The molecular formula is C24H35F9O6. The van der Waals surface area contributed by atoms with Gasteiger partial charge in [-0.3, -0.25) is 14.4 Å². The number of hydrogen-bond acceptors (Lipinski definition) is 6. The lowest BCUT2D eigenvalue weighted by atomic mass is 9.70. The summed E-state index contributed by atoms with van der Waals surface area (Å²) in [4.78, 5) is 35.8. The third kappa shape index (κ3) is 10.7. The van der Waals surface area contributed by atoms with Gasteiger partial charge in [-0.1, -0.05) is 48.0 Å². The number of halogens is 9. The highest BCUT2D eigenvalue weighted by Crippen LogP contribution is 2.54. The number of alkyl halides is 9. The molecule has 0 rings (SSSR count). The van der Waals surface area contributed by atoms with Gasteiger partial charge in [-0.05, 0) is 17.3 Å². The van der Waals surface area contributed by atoms with Crippen molar-refractivity contribution < 1.29 is 68.1 Å². The average molecular weight is 591 g/mol. The van der Waals surface area contributed by atoms with Gasteiger partial charge in [-0.15, -0.1) is 0 Å². The van der Waals surface area contributed by atoms with E-state index in [1.165, 1.54) is 0 Å². The number of carbonyl (C=O) groups is 3. The second kappa shape index (κ2) is 13.4. The second-order valence-electron chi connectivity index (χ2n) is 10.8. The lowest BCUT2D eigenvalue weighted by molar-refractivity contribution is -0.397. The van der Waals surface area contributed by atoms with E-state index in [1.807, 2.05) is 41.5 Å². The molecule has 0 bridgehead atoms. The zero-order valence-corrected chi connectivity index (χ0v) is 22.6. The zero-order chi connectivity index (χ0) is 31.1. The molecular weight excluding hydrogens is 555 g/mol. The van der Waals surface area contributed by atoms with Crippen LogP contribution in [0.25, 0.3) is 0 Å². The number of carbonyl (C=O) groups excluding carboxylic acids is 3. The van der Waals surface area contributed by atoms with Gasteiger partial charge in [-0.2, -0.15) is 39.5 Å². The first kappa shape index (κ1) is 36.8.